The van der Waals surface area contributed by atoms with Crippen molar-refractivity contribution in [3.05, 3.63) is 66.3 Å². The number of benzene rings is 1. The molecule has 1 spiro atoms. The Bertz CT molecular complexity index is 703. The molecule has 0 aromatic heterocycles. The lowest BCUT2D eigenvalue weighted by molar-refractivity contribution is -0.110. The Hall–Kier alpha value is -2.42. The van der Waals surface area contributed by atoms with Crippen LogP contribution < -0.4 is 0 Å². The van der Waals surface area contributed by atoms with E-state index in [9.17, 15) is 4.79 Å². The maximum absolute atomic E-state index is 11.5. The number of carbonyl (C=O) groups is 1. The molecule has 3 heteroatoms. The molecule has 1 aliphatic carbocycles. The second-order valence-corrected chi connectivity index (χ2v) is 5.98. The maximum atomic E-state index is 11.5. The summed E-state index contributed by atoms with van der Waals surface area (Å²) in [5, 5.41) is 0. The topological polar surface area (TPSA) is 32.7 Å². The fraction of sp³-hybridized carbons (Fsp3) is 0.263. The van der Waals surface area contributed by atoms with Crippen LogP contribution in [0.2, 0.25) is 0 Å². The summed E-state index contributed by atoms with van der Waals surface area (Å²) in [6.45, 7) is 2.14. The maximum Gasteiger partial charge on any atom is 0.178 e. The first kappa shape index (κ1) is 13.3. The molecule has 110 valence electrons. The van der Waals surface area contributed by atoms with Crippen LogP contribution in [0.15, 0.2) is 65.7 Å². The van der Waals surface area contributed by atoms with Gasteiger partial charge in [0, 0.05) is 13.1 Å². The monoisotopic (exact) mass is 290 g/mol. The lowest BCUT2D eigenvalue weighted by Crippen LogP contribution is -2.27. The molecule has 3 aliphatic rings. The zero-order valence-electron chi connectivity index (χ0n) is 12.4. The molecule has 4 rings (SSSR count). The van der Waals surface area contributed by atoms with Gasteiger partial charge in [0.2, 0.25) is 0 Å². The Kier molecular flexibility index (Phi) is 3.07. The lowest BCUT2D eigenvalue weighted by atomic mass is 9.83. The van der Waals surface area contributed by atoms with E-state index < -0.39 is 5.54 Å². The third-order valence-corrected chi connectivity index (χ3v) is 4.52. The van der Waals surface area contributed by atoms with Crippen molar-refractivity contribution in [2.45, 2.75) is 18.4 Å². The SMILES string of the molecule is O=C1C=CC2(C=C1)N=C(N1CCCC1)C=C2c1ccccc1. The number of nitrogens with zero attached hydrogens (tertiary/aromatic N) is 2. The summed E-state index contributed by atoms with van der Waals surface area (Å²) in [5.41, 5.74) is 1.78. The van der Waals surface area contributed by atoms with Gasteiger partial charge in [0.05, 0.1) is 0 Å². The van der Waals surface area contributed by atoms with E-state index in [1.807, 2.05) is 30.4 Å². The third-order valence-electron chi connectivity index (χ3n) is 4.52. The van der Waals surface area contributed by atoms with E-state index in [0.29, 0.717) is 0 Å². The standard InChI is InChI=1S/C19H18N2O/c22-16-8-10-19(11-9-16)17(15-6-2-1-3-7-15)14-18(20-19)21-12-4-5-13-21/h1-3,6-11,14H,4-5,12-13H2. The van der Waals surface area contributed by atoms with Crippen molar-refractivity contribution in [1.29, 1.82) is 0 Å². The molecule has 0 bridgehead atoms. The first-order valence-corrected chi connectivity index (χ1v) is 7.82. The molecule has 1 saturated heterocycles. The van der Waals surface area contributed by atoms with Crippen molar-refractivity contribution in [2.24, 2.45) is 4.99 Å². The number of amidine groups is 1. The van der Waals surface area contributed by atoms with Gasteiger partial charge in [-0.3, -0.25) is 4.79 Å². The van der Waals surface area contributed by atoms with Crippen molar-refractivity contribution in [1.82, 2.24) is 4.90 Å². The highest BCUT2D eigenvalue weighted by atomic mass is 16.1. The number of hydrogen-bond acceptors (Lipinski definition) is 3. The van der Waals surface area contributed by atoms with Gasteiger partial charge >= 0.3 is 0 Å². The van der Waals surface area contributed by atoms with Crippen LogP contribution in [0.4, 0.5) is 0 Å². The van der Waals surface area contributed by atoms with E-state index in [4.69, 9.17) is 4.99 Å². The molecular formula is C19H18N2O. The van der Waals surface area contributed by atoms with E-state index in [0.717, 1.165) is 30.1 Å². The molecule has 1 fully saturated rings. The fourth-order valence-corrected chi connectivity index (χ4v) is 3.35. The minimum absolute atomic E-state index is 0.0304. The highest BCUT2D eigenvalue weighted by Gasteiger charge is 2.37. The fourth-order valence-electron chi connectivity index (χ4n) is 3.35. The summed E-state index contributed by atoms with van der Waals surface area (Å²) in [6.07, 6.45) is 11.8. The van der Waals surface area contributed by atoms with E-state index in [-0.39, 0.29) is 5.78 Å². The molecule has 22 heavy (non-hydrogen) atoms. The molecule has 1 aromatic rings. The van der Waals surface area contributed by atoms with Crippen LogP contribution in [0.25, 0.3) is 5.57 Å². The second kappa shape index (κ2) is 5.09. The van der Waals surface area contributed by atoms with Crippen molar-refractivity contribution in [2.75, 3.05) is 13.1 Å². The van der Waals surface area contributed by atoms with Gasteiger partial charge in [-0.25, -0.2) is 4.99 Å². The second-order valence-electron chi connectivity index (χ2n) is 5.98. The van der Waals surface area contributed by atoms with E-state index in [1.165, 1.54) is 12.8 Å². The Morgan fingerprint density at radius 3 is 2.36 bits per heavy atom. The van der Waals surface area contributed by atoms with Gasteiger partial charge < -0.3 is 4.90 Å². The summed E-state index contributed by atoms with van der Waals surface area (Å²) >= 11 is 0. The first-order valence-electron chi connectivity index (χ1n) is 7.82. The van der Waals surface area contributed by atoms with Crippen LogP contribution in [-0.2, 0) is 4.79 Å². The smallest absolute Gasteiger partial charge is 0.178 e. The van der Waals surface area contributed by atoms with Crippen molar-refractivity contribution < 1.29 is 4.79 Å². The first-order chi connectivity index (χ1) is 10.8. The van der Waals surface area contributed by atoms with Crippen molar-refractivity contribution in [3.8, 4) is 0 Å². The van der Waals surface area contributed by atoms with Crippen LogP contribution in [0.3, 0.4) is 0 Å². The van der Waals surface area contributed by atoms with Crippen LogP contribution in [0.1, 0.15) is 18.4 Å². The van der Waals surface area contributed by atoms with Gasteiger partial charge in [-0.2, -0.15) is 0 Å². The minimum Gasteiger partial charge on any atom is -0.357 e. The third kappa shape index (κ3) is 2.13. The average molecular weight is 290 g/mol. The van der Waals surface area contributed by atoms with Gasteiger partial charge in [-0.05, 0) is 54.4 Å². The Morgan fingerprint density at radius 1 is 1.00 bits per heavy atom. The van der Waals surface area contributed by atoms with Gasteiger partial charge in [0.15, 0.2) is 5.78 Å². The Morgan fingerprint density at radius 2 is 1.68 bits per heavy atom. The normalized spacial score (nSPS) is 22.4. The van der Waals surface area contributed by atoms with Gasteiger partial charge in [0.25, 0.3) is 0 Å². The molecular weight excluding hydrogens is 272 g/mol. The molecule has 3 nitrogen and oxygen atoms in total. The largest absolute Gasteiger partial charge is 0.357 e. The van der Waals surface area contributed by atoms with Gasteiger partial charge in [-0.1, -0.05) is 30.3 Å². The highest BCUT2D eigenvalue weighted by Crippen LogP contribution is 2.40. The average Bonchev–Trinajstić information content (AvgIpc) is 3.20. The number of aliphatic imine (C=N–C) groups is 1. The van der Waals surface area contributed by atoms with E-state index in [1.54, 1.807) is 12.2 Å². The summed E-state index contributed by atoms with van der Waals surface area (Å²) in [5.74, 6) is 1.07. The van der Waals surface area contributed by atoms with Crippen molar-refractivity contribution >= 4 is 17.2 Å². The number of carbonyl (C=O) groups excluding carboxylic acids is 1. The molecule has 2 aliphatic heterocycles. The zero-order chi connectivity index (χ0) is 15.0. The quantitative estimate of drug-likeness (QED) is 0.796. The Balaban J connectivity index is 1.80. The van der Waals surface area contributed by atoms with Gasteiger partial charge in [0.1, 0.15) is 11.4 Å². The molecule has 0 unspecified atom stereocenters. The molecule has 1 aromatic carbocycles. The Labute approximate surface area is 130 Å². The predicted octanol–water partition coefficient (Wildman–Crippen LogP) is 3.01. The lowest BCUT2D eigenvalue weighted by Gasteiger charge is -2.25. The molecule has 0 N–H and O–H groups in total. The predicted molar refractivity (Wildman–Crippen MR) is 88.7 cm³/mol. The zero-order valence-corrected chi connectivity index (χ0v) is 12.4. The van der Waals surface area contributed by atoms with Crippen LogP contribution in [-0.4, -0.2) is 35.1 Å². The molecule has 0 atom stereocenters. The molecule has 0 saturated carbocycles. The summed E-state index contributed by atoms with van der Waals surface area (Å²) in [7, 11) is 0. The van der Waals surface area contributed by atoms with Crippen LogP contribution in [0, 0.1) is 0 Å². The van der Waals surface area contributed by atoms with Crippen LogP contribution in [0.5, 0.6) is 0 Å². The highest BCUT2D eigenvalue weighted by molar-refractivity contribution is 6.09. The number of allylic oxidation sites excluding steroid dienone is 2. The van der Waals surface area contributed by atoms with Gasteiger partial charge in [-0.15, -0.1) is 0 Å². The number of likely N-dealkylation sites (tertiary alicyclic amines) is 1. The molecule has 0 amide bonds. The molecule has 0 radical (unpaired) electrons. The number of rotatable bonds is 1. The van der Waals surface area contributed by atoms with E-state index in [2.05, 4.69) is 23.1 Å². The molecule has 2 heterocycles. The number of hydrogen-bond donors (Lipinski definition) is 0. The summed E-state index contributed by atoms with van der Waals surface area (Å²) in [6, 6.07) is 10.3. The van der Waals surface area contributed by atoms with Crippen LogP contribution >= 0.6 is 0 Å². The number of ketones is 1. The summed E-state index contributed by atoms with van der Waals surface area (Å²) in [4.78, 5) is 18.9. The summed E-state index contributed by atoms with van der Waals surface area (Å²) < 4.78 is 0. The minimum atomic E-state index is -0.521. The van der Waals surface area contributed by atoms with E-state index >= 15 is 0 Å². The van der Waals surface area contributed by atoms with Crippen molar-refractivity contribution in [3.63, 3.8) is 0 Å².